The van der Waals surface area contributed by atoms with Crippen molar-refractivity contribution < 1.29 is 8.42 Å². The molecule has 0 spiro atoms. The van der Waals surface area contributed by atoms with Crippen molar-refractivity contribution in [3.8, 4) is 0 Å². The summed E-state index contributed by atoms with van der Waals surface area (Å²) in [6.07, 6.45) is 1.72. The molecular formula is C13H16N4O2S. The maximum Gasteiger partial charge on any atom is 0.238 e. The molecule has 1 aromatic heterocycles. The molecule has 0 fully saturated rings. The van der Waals surface area contributed by atoms with E-state index in [9.17, 15) is 8.42 Å². The Kier molecular flexibility index (Phi) is 3.91. The molecule has 2 rings (SSSR count). The van der Waals surface area contributed by atoms with Gasteiger partial charge in [-0.1, -0.05) is 6.07 Å². The van der Waals surface area contributed by atoms with Gasteiger partial charge in [0.2, 0.25) is 10.0 Å². The zero-order chi connectivity index (χ0) is 14.8. The Morgan fingerprint density at radius 1 is 1.25 bits per heavy atom. The molecule has 0 radical (unpaired) electrons. The normalized spacial score (nSPS) is 11.3. The number of aromatic nitrogens is 1. The van der Waals surface area contributed by atoms with Crippen molar-refractivity contribution in [3.63, 3.8) is 0 Å². The monoisotopic (exact) mass is 292 g/mol. The lowest BCUT2D eigenvalue weighted by molar-refractivity contribution is 0.598. The van der Waals surface area contributed by atoms with Gasteiger partial charge < -0.3 is 10.6 Å². The molecule has 0 amide bonds. The van der Waals surface area contributed by atoms with E-state index in [0.717, 1.165) is 11.4 Å². The molecule has 4 N–H and O–H groups in total. The number of nitrogens with two attached hydrogens (primary N) is 2. The number of nitrogens with zero attached hydrogens (tertiary/aromatic N) is 2. The van der Waals surface area contributed by atoms with Crippen molar-refractivity contribution in [2.24, 2.45) is 5.14 Å². The second-order valence-corrected chi connectivity index (χ2v) is 6.00. The van der Waals surface area contributed by atoms with Crippen LogP contribution >= 0.6 is 0 Å². The first kappa shape index (κ1) is 14.3. The average Bonchev–Trinajstić information content (AvgIpc) is 2.38. The molecular weight excluding hydrogens is 276 g/mol. The molecule has 0 aliphatic heterocycles. The van der Waals surface area contributed by atoms with Crippen LogP contribution < -0.4 is 15.8 Å². The summed E-state index contributed by atoms with van der Waals surface area (Å²) in [6, 6.07) is 10.1. The highest BCUT2D eigenvalue weighted by molar-refractivity contribution is 7.89. The highest BCUT2D eigenvalue weighted by Crippen LogP contribution is 2.25. The number of pyridine rings is 1. The van der Waals surface area contributed by atoms with Crippen molar-refractivity contribution in [1.82, 2.24) is 4.98 Å². The quantitative estimate of drug-likeness (QED) is 0.817. The zero-order valence-electron chi connectivity index (χ0n) is 11.0. The van der Waals surface area contributed by atoms with Crippen LogP contribution in [-0.4, -0.2) is 20.4 Å². The maximum absolute atomic E-state index is 11.3. The number of primary sulfonamides is 1. The van der Waals surface area contributed by atoms with E-state index < -0.39 is 10.0 Å². The summed E-state index contributed by atoms with van der Waals surface area (Å²) in [4.78, 5) is 6.13. The molecule has 0 saturated heterocycles. The Bertz CT molecular complexity index is 702. The average molecular weight is 292 g/mol. The van der Waals surface area contributed by atoms with E-state index in [4.69, 9.17) is 10.9 Å². The second-order valence-electron chi connectivity index (χ2n) is 4.44. The Labute approximate surface area is 118 Å². The highest BCUT2D eigenvalue weighted by Gasteiger charge is 2.12. The van der Waals surface area contributed by atoms with Gasteiger partial charge >= 0.3 is 0 Å². The van der Waals surface area contributed by atoms with E-state index in [1.165, 1.54) is 12.1 Å². The van der Waals surface area contributed by atoms with Crippen molar-refractivity contribution in [1.29, 1.82) is 0 Å². The fourth-order valence-corrected chi connectivity index (χ4v) is 2.43. The number of sulfonamides is 1. The molecule has 1 heterocycles. The molecule has 1 aromatic carbocycles. The summed E-state index contributed by atoms with van der Waals surface area (Å²) in [5, 5.41) is 5.07. The Morgan fingerprint density at radius 3 is 2.55 bits per heavy atom. The van der Waals surface area contributed by atoms with E-state index in [-0.39, 0.29) is 4.90 Å². The zero-order valence-corrected chi connectivity index (χ0v) is 11.8. The van der Waals surface area contributed by atoms with Crippen LogP contribution in [0.5, 0.6) is 0 Å². The molecule has 0 bridgehead atoms. The molecule has 0 aliphatic rings. The summed E-state index contributed by atoms with van der Waals surface area (Å²) >= 11 is 0. The topological polar surface area (TPSA) is 102 Å². The predicted octanol–water partition coefficient (Wildman–Crippen LogP) is 0.948. The molecule has 20 heavy (non-hydrogen) atoms. The van der Waals surface area contributed by atoms with Gasteiger partial charge in [-0.2, -0.15) is 0 Å². The third kappa shape index (κ3) is 3.25. The van der Waals surface area contributed by atoms with Crippen molar-refractivity contribution in [3.05, 3.63) is 48.3 Å². The van der Waals surface area contributed by atoms with Gasteiger partial charge in [0.15, 0.2) is 0 Å². The Balaban J connectivity index is 2.25. The van der Waals surface area contributed by atoms with Crippen LogP contribution in [0.3, 0.4) is 0 Å². The number of hydrogen-bond acceptors (Lipinski definition) is 5. The smallest absolute Gasteiger partial charge is 0.238 e. The highest BCUT2D eigenvalue weighted by atomic mass is 32.2. The van der Waals surface area contributed by atoms with Crippen LogP contribution in [0.25, 0.3) is 0 Å². The van der Waals surface area contributed by atoms with E-state index >= 15 is 0 Å². The maximum atomic E-state index is 11.3. The van der Waals surface area contributed by atoms with Crippen LogP contribution in [0.1, 0.15) is 5.69 Å². The van der Waals surface area contributed by atoms with Gasteiger partial charge in [0.05, 0.1) is 28.5 Å². The minimum atomic E-state index is -3.74. The first-order valence-corrected chi connectivity index (χ1v) is 7.46. The van der Waals surface area contributed by atoms with Crippen LogP contribution in [0.4, 0.5) is 11.4 Å². The number of nitrogen functional groups attached to an aromatic ring is 1. The standard InChI is InChI=1S/C13H16N4O2S/c1-17(9-10-4-2-3-7-16-10)13-6-5-11(8-12(13)14)20(15,18)19/h2-8H,9,14H2,1H3,(H2,15,18,19). The summed E-state index contributed by atoms with van der Waals surface area (Å²) in [5.74, 6) is 0. The number of benzene rings is 1. The van der Waals surface area contributed by atoms with Crippen LogP contribution in [0.2, 0.25) is 0 Å². The van der Waals surface area contributed by atoms with E-state index in [0.29, 0.717) is 12.2 Å². The molecule has 7 heteroatoms. The van der Waals surface area contributed by atoms with E-state index in [1.807, 2.05) is 30.1 Å². The lowest BCUT2D eigenvalue weighted by Crippen LogP contribution is -2.19. The van der Waals surface area contributed by atoms with Gasteiger partial charge in [0.1, 0.15) is 0 Å². The summed E-state index contributed by atoms with van der Waals surface area (Å²) in [6.45, 7) is 0.569. The molecule has 0 unspecified atom stereocenters. The lowest BCUT2D eigenvalue weighted by atomic mass is 10.2. The summed E-state index contributed by atoms with van der Waals surface area (Å²) in [5.41, 5.74) is 7.87. The minimum Gasteiger partial charge on any atom is -0.397 e. The third-order valence-electron chi connectivity index (χ3n) is 2.86. The van der Waals surface area contributed by atoms with Crippen LogP contribution in [0, 0.1) is 0 Å². The minimum absolute atomic E-state index is 0.00462. The largest absolute Gasteiger partial charge is 0.397 e. The van der Waals surface area contributed by atoms with Crippen LogP contribution in [-0.2, 0) is 16.6 Å². The molecule has 0 atom stereocenters. The van der Waals surface area contributed by atoms with Crippen molar-refractivity contribution >= 4 is 21.4 Å². The number of anilines is 2. The Hall–Kier alpha value is -2.12. The fraction of sp³-hybridized carbons (Fsp3) is 0.154. The Morgan fingerprint density at radius 2 is 2.00 bits per heavy atom. The fourth-order valence-electron chi connectivity index (χ4n) is 1.88. The van der Waals surface area contributed by atoms with Gasteiger partial charge in [0.25, 0.3) is 0 Å². The SMILES string of the molecule is CN(Cc1ccccn1)c1ccc(S(N)(=O)=O)cc1N. The van der Waals surface area contributed by atoms with Gasteiger partial charge in [-0.25, -0.2) is 13.6 Å². The third-order valence-corrected chi connectivity index (χ3v) is 3.78. The molecule has 2 aromatic rings. The second kappa shape index (κ2) is 5.48. The van der Waals surface area contributed by atoms with Gasteiger partial charge in [-0.15, -0.1) is 0 Å². The number of hydrogen-bond donors (Lipinski definition) is 2. The van der Waals surface area contributed by atoms with E-state index in [2.05, 4.69) is 4.98 Å². The predicted molar refractivity (Wildman–Crippen MR) is 78.6 cm³/mol. The van der Waals surface area contributed by atoms with Crippen molar-refractivity contribution in [2.75, 3.05) is 17.7 Å². The first-order valence-electron chi connectivity index (χ1n) is 5.91. The van der Waals surface area contributed by atoms with Gasteiger partial charge in [0, 0.05) is 13.2 Å². The van der Waals surface area contributed by atoms with E-state index in [1.54, 1.807) is 12.3 Å². The first-order chi connectivity index (χ1) is 9.38. The van der Waals surface area contributed by atoms with Gasteiger partial charge in [-0.05, 0) is 30.3 Å². The summed E-state index contributed by atoms with van der Waals surface area (Å²) in [7, 11) is -1.88. The molecule has 6 nitrogen and oxygen atoms in total. The molecule has 0 saturated carbocycles. The molecule has 0 aliphatic carbocycles. The van der Waals surface area contributed by atoms with Gasteiger partial charge in [-0.3, -0.25) is 4.98 Å². The summed E-state index contributed by atoms with van der Waals surface area (Å²) < 4.78 is 22.5. The molecule has 106 valence electrons. The number of rotatable bonds is 4. The van der Waals surface area contributed by atoms with Crippen molar-refractivity contribution in [2.45, 2.75) is 11.4 Å². The van der Waals surface area contributed by atoms with Crippen LogP contribution in [0.15, 0.2) is 47.5 Å². The lowest BCUT2D eigenvalue weighted by Gasteiger charge is -2.21.